The van der Waals surface area contributed by atoms with E-state index in [9.17, 15) is 24.5 Å². The molecular formula is C23H33BN2O6. The van der Waals surface area contributed by atoms with Crippen molar-refractivity contribution in [1.29, 1.82) is 0 Å². The molecule has 0 unspecified atom stereocenters. The Morgan fingerprint density at radius 2 is 1.88 bits per heavy atom. The Kier molecular flexibility index (Phi) is 8.70. The summed E-state index contributed by atoms with van der Waals surface area (Å²) in [6.45, 7) is 0.881. The minimum atomic E-state index is -1.18. The normalized spacial score (nSPS) is 22.7. The van der Waals surface area contributed by atoms with Crippen LogP contribution in [0, 0.1) is 5.92 Å². The third-order valence-corrected chi connectivity index (χ3v) is 6.59. The van der Waals surface area contributed by atoms with Crippen LogP contribution in [0.3, 0.4) is 0 Å². The highest BCUT2D eigenvalue weighted by molar-refractivity contribution is 6.47. The van der Waals surface area contributed by atoms with Crippen molar-refractivity contribution in [1.82, 2.24) is 5.32 Å². The maximum atomic E-state index is 12.7. The van der Waals surface area contributed by atoms with E-state index >= 15 is 0 Å². The zero-order valence-corrected chi connectivity index (χ0v) is 18.4. The van der Waals surface area contributed by atoms with Gasteiger partial charge in [0.2, 0.25) is 5.91 Å². The summed E-state index contributed by atoms with van der Waals surface area (Å²) in [4.78, 5) is 34.8. The summed E-state index contributed by atoms with van der Waals surface area (Å²) in [5.74, 6) is -1.02. The van der Waals surface area contributed by atoms with Gasteiger partial charge in [0, 0.05) is 31.1 Å². The van der Waals surface area contributed by atoms with Crippen LogP contribution in [0.25, 0.3) is 0 Å². The van der Waals surface area contributed by atoms with Crippen LogP contribution in [0.2, 0.25) is 5.82 Å². The van der Waals surface area contributed by atoms with E-state index in [0.717, 1.165) is 50.6 Å². The highest BCUT2D eigenvalue weighted by Gasteiger charge is 2.38. The molecule has 32 heavy (non-hydrogen) atoms. The Balaban J connectivity index is 1.40. The number of fused-ring (bicyclic) bond motifs is 1. The summed E-state index contributed by atoms with van der Waals surface area (Å²) in [7, 11) is -1.18. The maximum Gasteiger partial charge on any atom is 0.526 e. The number of hydrogen-bond donors (Lipinski definition) is 4. The van der Waals surface area contributed by atoms with E-state index in [1.165, 1.54) is 6.07 Å². The fraction of sp³-hybridized carbons (Fsp3) is 0.609. The highest BCUT2D eigenvalue weighted by atomic mass is 16.5. The van der Waals surface area contributed by atoms with Gasteiger partial charge in [-0.05, 0) is 69.0 Å². The number of carboxylic acids is 1. The van der Waals surface area contributed by atoms with Crippen LogP contribution in [0.4, 0.5) is 0 Å². The molecule has 1 saturated carbocycles. The highest BCUT2D eigenvalue weighted by Crippen LogP contribution is 2.37. The van der Waals surface area contributed by atoms with Crippen LogP contribution < -0.4 is 15.7 Å². The lowest BCUT2D eigenvalue weighted by atomic mass is 9.64. The van der Waals surface area contributed by atoms with Crippen LogP contribution in [-0.2, 0) is 16.0 Å². The quantitative estimate of drug-likeness (QED) is 0.303. The summed E-state index contributed by atoms with van der Waals surface area (Å²) in [6, 6.07) is 5.36. The Hall–Kier alpha value is -2.39. The van der Waals surface area contributed by atoms with Crippen molar-refractivity contribution in [2.24, 2.45) is 11.7 Å². The topological polar surface area (TPSA) is 139 Å². The number of carbonyl (C=O) groups excluding carboxylic acids is 2. The van der Waals surface area contributed by atoms with Crippen LogP contribution in [0.5, 0.6) is 5.75 Å². The molecule has 1 aliphatic carbocycles. The number of nitrogens with two attached hydrogens (primary N) is 1. The fourth-order valence-corrected chi connectivity index (χ4v) is 4.83. The minimum absolute atomic E-state index is 0.0320. The van der Waals surface area contributed by atoms with Crippen LogP contribution in [-0.4, -0.2) is 47.5 Å². The number of aromatic carboxylic acids is 1. The zero-order chi connectivity index (χ0) is 23.1. The van der Waals surface area contributed by atoms with Crippen LogP contribution in [0.15, 0.2) is 18.2 Å². The summed E-state index contributed by atoms with van der Waals surface area (Å²) in [5.41, 5.74) is 5.90. The standard InChI is InChI=1S/C23H33BN2O6/c25-21(28)6-1-2-11-26-18-9-7-15(8-10-18)12-19(27)14-17-13-16-4-3-5-20(23(29)30)22(16)32-24(17)31/h3-5,15,17-18,26,31H,1-2,6-14H2,(H2,25,28)(H,29,30)/t15?,17-,18?/m1/s1. The molecule has 5 N–H and O–H groups in total. The lowest BCUT2D eigenvalue weighted by molar-refractivity contribution is -0.120. The first-order valence-electron chi connectivity index (χ1n) is 11.6. The van der Waals surface area contributed by atoms with Gasteiger partial charge in [0.25, 0.3) is 0 Å². The molecule has 1 amide bonds. The molecular weight excluding hydrogens is 411 g/mol. The van der Waals surface area contributed by atoms with Crippen molar-refractivity contribution in [2.45, 2.75) is 76.1 Å². The number of para-hydroxylation sites is 1. The van der Waals surface area contributed by atoms with Crippen molar-refractivity contribution in [2.75, 3.05) is 6.54 Å². The molecule has 1 atom stereocenters. The number of Topliss-reactive ketones (excluding diaryl/α,β-unsaturated/α-hetero) is 1. The molecule has 8 nitrogen and oxygen atoms in total. The van der Waals surface area contributed by atoms with Crippen LogP contribution in [0.1, 0.15) is 73.7 Å². The van der Waals surface area contributed by atoms with Gasteiger partial charge in [-0.2, -0.15) is 0 Å². The largest absolute Gasteiger partial charge is 0.535 e. The van der Waals surface area contributed by atoms with E-state index in [1.807, 2.05) is 0 Å². The smallest absolute Gasteiger partial charge is 0.526 e. The van der Waals surface area contributed by atoms with Crippen LogP contribution >= 0.6 is 0 Å². The number of unbranched alkanes of at least 4 members (excludes halogenated alkanes) is 1. The van der Waals surface area contributed by atoms with Gasteiger partial charge in [-0.3, -0.25) is 9.59 Å². The molecule has 174 valence electrons. The van der Waals surface area contributed by atoms with Gasteiger partial charge in [0.1, 0.15) is 11.5 Å². The Labute approximate surface area is 189 Å². The molecule has 1 aromatic rings. The first-order chi connectivity index (χ1) is 15.3. The van der Waals surface area contributed by atoms with E-state index in [0.29, 0.717) is 31.2 Å². The third kappa shape index (κ3) is 6.80. The average Bonchev–Trinajstić information content (AvgIpc) is 2.74. The minimum Gasteiger partial charge on any atom is -0.535 e. The second-order valence-electron chi connectivity index (χ2n) is 9.11. The van der Waals surface area contributed by atoms with Gasteiger partial charge in [-0.1, -0.05) is 12.1 Å². The molecule has 0 bridgehead atoms. The van der Waals surface area contributed by atoms with Gasteiger partial charge in [-0.25, -0.2) is 4.79 Å². The first-order valence-corrected chi connectivity index (χ1v) is 11.6. The number of nitrogens with one attached hydrogen (secondary N) is 1. The van der Waals surface area contributed by atoms with E-state index < -0.39 is 13.1 Å². The lowest BCUT2D eigenvalue weighted by Gasteiger charge is -2.30. The third-order valence-electron chi connectivity index (χ3n) is 6.59. The fourth-order valence-electron chi connectivity index (χ4n) is 4.83. The van der Waals surface area contributed by atoms with Crippen molar-refractivity contribution in [3.63, 3.8) is 0 Å². The molecule has 3 rings (SSSR count). The molecule has 1 aliphatic heterocycles. The summed E-state index contributed by atoms with van der Waals surface area (Å²) in [5, 5.41) is 23.2. The second kappa shape index (κ2) is 11.5. The predicted molar refractivity (Wildman–Crippen MR) is 120 cm³/mol. The SMILES string of the molecule is NC(=O)CCCCNC1CCC(CC(=O)C[C@H]2Cc3cccc(C(=O)O)c3OB2O)CC1. The number of carboxylic acid groups (broad SMARTS) is 1. The van der Waals surface area contributed by atoms with E-state index in [4.69, 9.17) is 10.4 Å². The van der Waals surface area contributed by atoms with Crippen molar-refractivity contribution in [3.05, 3.63) is 29.3 Å². The Morgan fingerprint density at radius 3 is 2.56 bits per heavy atom. The zero-order valence-electron chi connectivity index (χ0n) is 18.4. The van der Waals surface area contributed by atoms with Crippen molar-refractivity contribution >= 4 is 24.8 Å². The molecule has 1 heterocycles. The van der Waals surface area contributed by atoms with Gasteiger partial charge >= 0.3 is 13.1 Å². The van der Waals surface area contributed by atoms with E-state index in [2.05, 4.69) is 5.32 Å². The first kappa shape index (κ1) is 24.3. The second-order valence-corrected chi connectivity index (χ2v) is 9.11. The van der Waals surface area contributed by atoms with Crippen molar-refractivity contribution in [3.8, 4) is 5.75 Å². The number of hydrogen-bond acceptors (Lipinski definition) is 6. The number of benzene rings is 1. The monoisotopic (exact) mass is 444 g/mol. The molecule has 9 heteroatoms. The molecule has 1 aromatic carbocycles. The van der Waals surface area contributed by atoms with Gasteiger partial charge in [0.15, 0.2) is 0 Å². The Morgan fingerprint density at radius 1 is 1.12 bits per heavy atom. The summed E-state index contributed by atoms with van der Waals surface area (Å²) >= 11 is 0. The average molecular weight is 444 g/mol. The lowest BCUT2D eigenvalue weighted by Crippen LogP contribution is -2.36. The molecule has 1 fully saturated rings. The summed E-state index contributed by atoms with van der Waals surface area (Å²) in [6.07, 6.45) is 7.42. The number of amides is 1. The van der Waals surface area contributed by atoms with Gasteiger partial charge in [-0.15, -0.1) is 0 Å². The number of rotatable bonds is 11. The number of primary amides is 1. The Bertz CT molecular complexity index is 825. The molecule has 2 aliphatic rings. The molecule has 0 saturated heterocycles. The van der Waals surface area contributed by atoms with E-state index in [-0.39, 0.29) is 35.2 Å². The van der Waals surface area contributed by atoms with Crippen molar-refractivity contribution < 1.29 is 29.2 Å². The van der Waals surface area contributed by atoms with Gasteiger partial charge < -0.3 is 25.8 Å². The summed E-state index contributed by atoms with van der Waals surface area (Å²) < 4.78 is 5.50. The van der Waals surface area contributed by atoms with E-state index in [1.54, 1.807) is 12.1 Å². The molecule has 0 spiro atoms. The molecule has 0 aromatic heterocycles. The predicted octanol–water partition coefficient (Wildman–Crippen LogP) is 2.32. The van der Waals surface area contributed by atoms with Gasteiger partial charge in [0.05, 0.1) is 5.56 Å². The number of carbonyl (C=O) groups is 3. The number of ketones is 1. The molecule has 0 radical (unpaired) electrons. The maximum absolute atomic E-state index is 12.7.